The number of halogens is 3. The first-order chi connectivity index (χ1) is 9.95. The highest BCUT2D eigenvalue weighted by atomic mass is 35.5. The fourth-order valence-electron chi connectivity index (χ4n) is 1.55. The van der Waals surface area contributed by atoms with Crippen LogP contribution in [-0.2, 0) is 4.79 Å². The molecule has 1 amide bonds. The van der Waals surface area contributed by atoms with Gasteiger partial charge < -0.3 is 15.8 Å². The minimum Gasteiger partial charge on any atom is -0.484 e. The maximum Gasteiger partial charge on any atom is 0.262 e. The average Bonchev–Trinajstić information content (AvgIpc) is 2.42. The SMILES string of the molecule is Nc1ccc(OCC(=O)Nc2c(Cl)cc(Cl)cc2Cl)cc1. The molecule has 0 heterocycles. The number of hydrogen-bond donors (Lipinski definition) is 2. The summed E-state index contributed by atoms with van der Waals surface area (Å²) in [5.41, 5.74) is 6.47. The fraction of sp³-hybridized carbons (Fsp3) is 0.0714. The molecule has 4 nitrogen and oxygen atoms in total. The lowest BCUT2D eigenvalue weighted by molar-refractivity contribution is -0.118. The van der Waals surface area contributed by atoms with Crippen molar-refractivity contribution in [3.8, 4) is 5.75 Å². The summed E-state index contributed by atoms with van der Waals surface area (Å²) in [5.74, 6) is 0.144. The number of nitrogen functional groups attached to an aromatic ring is 1. The molecule has 0 atom stereocenters. The monoisotopic (exact) mass is 344 g/mol. The first kappa shape index (κ1) is 15.8. The minimum atomic E-state index is -0.391. The van der Waals surface area contributed by atoms with Crippen LogP contribution in [0, 0.1) is 0 Å². The van der Waals surface area contributed by atoms with E-state index >= 15 is 0 Å². The summed E-state index contributed by atoms with van der Waals surface area (Å²) in [4.78, 5) is 11.8. The van der Waals surface area contributed by atoms with Crippen LogP contribution in [0.3, 0.4) is 0 Å². The number of rotatable bonds is 4. The van der Waals surface area contributed by atoms with Gasteiger partial charge in [0.15, 0.2) is 6.61 Å². The van der Waals surface area contributed by atoms with Gasteiger partial charge in [0, 0.05) is 10.7 Å². The zero-order valence-corrected chi connectivity index (χ0v) is 13.0. The van der Waals surface area contributed by atoms with E-state index in [-0.39, 0.29) is 16.7 Å². The van der Waals surface area contributed by atoms with Gasteiger partial charge >= 0.3 is 0 Å². The Balaban J connectivity index is 1.97. The predicted molar refractivity (Wildman–Crippen MR) is 86.5 cm³/mol. The zero-order valence-electron chi connectivity index (χ0n) is 10.7. The first-order valence-corrected chi connectivity index (χ1v) is 7.02. The number of carbonyl (C=O) groups excluding carboxylic acids is 1. The van der Waals surface area contributed by atoms with Crippen LogP contribution in [0.15, 0.2) is 36.4 Å². The van der Waals surface area contributed by atoms with Crippen molar-refractivity contribution in [2.45, 2.75) is 0 Å². The zero-order chi connectivity index (χ0) is 15.4. The van der Waals surface area contributed by atoms with E-state index in [9.17, 15) is 4.79 Å². The standard InChI is InChI=1S/C14H11Cl3N2O2/c15-8-5-11(16)14(12(17)6-8)19-13(20)7-21-10-3-1-9(18)2-4-10/h1-6H,7,18H2,(H,19,20). The van der Waals surface area contributed by atoms with Crippen molar-refractivity contribution in [2.75, 3.05) is 17.7 Å². The van der Waals surface area contributed by atoms with Gasteiger partial charge in [-0.05, 0) is 36.4 Å². The number of nitrogens with two attached hydrogens (primary N) is 1. The lowest BCUT2D eigenvalue weighted by Crippen LogP contribution is -2.20. The van der Waals surface area contributed by atoms with E-state index in [4.69, 9.17) is 45.3 Å². The van der Waals surface area contributed by atoms with Crippen LogP contribution in [0.2, 0.25) is 15.1 Å². The Kier molecular flexibility index (Phi) is 5.17. The van der Waals surface area contributed by atoms with Crippen LogP contribution in [-0.4, -0.2) is 12.5 Å². The molecule has 21 heavy (non-hydrogen) atoms. The van der Waals surface area contributed by atoms with Crippen LogP contribution in [0.25, 0.3) is 0 Å². The van der Waals surface area contributed by atoms with Crippen LogP contribution in [0.1, 0.15) is 0 Å². The van der Waals surface area contributed by atoms with Crippen molar-refractivity contribution in [2.24, 2.45) is 0 Å². The lowest BCUT2D eigenvalue weighted by atomic mass is 10.3. The van der Waals surface area contributed by atoms with Crippen LogP contribution in [0.4, 0.5) is 11.4 Å². The number of anilines is 2. The summed E-state index contributed by atoms with van der Waals surface area (Å²) < 4.78 is 5.32. The number of nitrogens with one attached hydrogen (secondary N) is 1. The molecule has 0 saturated carbocycles. The Bertz CT molecular complexity index is 637. The Morgan fingerprint density at radius 3 is 2.24 bits per heavy atom. The van der Waals surface area contributed by atoms with E-state index in [0.29, 0.717) is 22.1 Å². The van der Waals surface area contributed by atoms with E-state index < -0.39 is 5.91 Å². The van der Waals surface area contributed by atoms with Crippen molar-refractivity contribution >= 4 is 52.1 Å². The summed E-state index contributed by atoms with van der Waals surface area (Å²) in [6, 6.07) is 9.69. The van der Waals surface area contributed by atoms with Crippen molar-refractivity contribution in [3.05, 3.63) is 51.5 Å². The molecule has 0 fully saturated rings. The van der Waals surface area contributed by atoms with E-state index in [1.54, 1.807) is 24.3 Å². The molecule has 7 heteroatoms. The molecular weight excluding hydrogens is 335 g/mol. The molecule has 2 aromatic rings. The highest BCUT2D eigenvalue weighted by Gasteiger charge is 2.11. The Morgan fingerprint density at radius 1 is 1.10 bits per heavy atom. The third-order valence-electron chi connectivity index (χ3n) is 2.52. The number of carbonyl (C=O) groups is 1. The van der Waals surface area contributed by atoms with Crippen molar-refractivity contribution in [3.63, 3.8) is 0 Å². The maximum absolute atomic E-state index is 11.8. The highest BCUT2D eigenvalue weighted by Crippen LogP contribution is 2.33. The smallest absolute Gasteiger partial charge is 0.262 e. The molecule has 0 unspecified atom stereocenters. The van der Waals surface area contributed by atoms with E-state index in [1.165, 1.54) is 12.1 Å². The molecule has 2 rings (SSSR count). The summed E-state index contributed by atoms with van der Waals surface area (Å²) in [7, 11) is 0. The minimum absolute atomic E-state index is 0.181. The van der Waals surface area contributed by atoms with Gasteiger partial charge in [-0.15, -0.1) is 0 Å². The maximum atomic E-state index is 11.8. The molecule has 0 saturated heterocycles. The van der Waals surface area contributed by atoms with Gasteiger partial charge in [-0.25, -0.2) is 0 Å². The van der Waals surface area contributed by atoms with Crippen LogP contribution in [0.5, 0.6) is 5.75 Å². The van der Waals surface area contributed by atoms with Crippen LogP contribution < -0.4 is 15.8 Å². The van der Waals surface area contributed by atoms with E-state index in [0.717, 1.165) is 0 Å². The second-order valence-electron chi connectivity index (χ2n) is 4.15. The first-order valence-electron chi connectivity index (χ1n) is 5.88. The molecule has 0 bridgehead atoms. The second-order valence-corrected chi connectivity index (χ2v) is 5.40. The van der Waals surface area contributed by atoms with E-state index in [2.05, 4.69) is 5.32 Å². The summed E-state index contributed by atoms with van der Waals surface area (Å²) >= 11 is 17.7. The summed E-state index contributed by atoms with van der Waals surface area (Å²) in [5, 5.41) is 3.48. The Hall–Kier alpha value is -1.62. The molecule has 110 valence electrons. The van der Waals surface area contributed by atoms with Crippen molar-refractivity contribution in [1.29, 1.82) is 0 Å². The average molecular weight is 346 g/mol. The predicted octanol–water partition coefficient (Wildman–Crippen LogP) is 4.25. The van der Waals surface area contributed by atoms with E-state index in [1.807, 2.05) is 0 Å². The van der Waals surface area contributed by atoms with Crippen LogP contribution >= 0.6 is 34.8 Å². The second kappa shape index (κ2) is 6.89. The quantitative estimate of drug-likeness (QED) is 0.814. The van der Waals surface area contributed by atoms with Gasteiger partial charge in [0.25, 0.3) is 5.91 Å². The molecule has 2 aromatic carbocycles. The highest BCUT2D eigenvalue weighted by molar-refractivity contribution is 6.42. The van der Waals surface area contributed by atoms with Gasteiger partial charge in [0.2, 0.25) is 0 Å². The third kappa shape index (κ3) is 4.43. The molecular formula is C14H11Cl3N2O2. The van der Waals surface area contributed by atoms with Gasteiger partial charge in [-0.3, -0.25) is 4.79 Å². The van der Waals surface area contributed by atoms with Gasteiger partial charge in [-0.1, -0.05) is 34.8 Å². The third-order valence-corrected chi connectivity index (χ3v) is 3.34. The summed E-state index contributed by atoms with van der Waals surface area (Å²) in [6.45, 7) is -0.181. The van der Waals surface area contributed by atoms with Gasteiger partial charge in [0.05, 0.1) is 15.7 Å². The fourth-order valence-corrected chi connectivity index (χ4v) is 2.46. The topological polar surface area (TPSA) is 64.3 Å². The molecule has 0 aliphatic rings. The number of hydrogen-bond acceptors (Lipinski definition) is 3. The molecule has 0 aromatic heterocycles. The number of ether oxygens (including phenoxy) is 1. The molecule has 0 radical (unpaired) electrons. The molecule has 0 aliphatic carbocycles. The number of benzene rings is 2. The molecule has 0 aliphatic heterocycles. The normalized spacial score (nSPS) is 10.2. The molecule has 0 spiro atoms. The van der Waals surface area contributed by atoms with Gasteiger partial charge in [0.1, 0.15) is 5.75 Å². The molecule has 3 N–H and O–H groups in total. The lowest BCUT2D eigenvalue weighted by Gasteiger charge is -2.10. The summed E-state index contributed by atoms with van der Waals surface area (Å²) in [6.07, 6.45) is 0. The van der Waals surface area contributed by atoms with Gasteiger partial charge in [-0.2, -0.15) is 0 Å². The Labute approximate surface area is 136 Å². The largest absolute Gasteiger partial charge is 0.484 e. The van der Waals surface area contributed by atoms with Crippen molar-refractivity contribution < 1.29 is 9.53 Å². The number of amides is 1. The van der Waals surface area contributed by atoms with Crippen molar-refractivity contribution in [1.82, 2.24) is 0 Å². The Morgan fingerprint density at radius 2 is 1.67 bits per heavy atom.